The van der Waals surface area contributed by atoms with Crippen LogP contribution in [0.2, 0.25) is 0 Å². The molecule has 1 N–H and O–H groups in total. The number of aromatic nitrogens is 1. The highest BCUT2D eigenvalue weighted by molar-refractivity contribution is 5.80. The third-order valence-corrected chi connectivity index (χ3v) is 2.25. The molecule has 0 amide bonds. The van der Waals surface area contributed by atoms with Gasteiger partial charge in [0.05, 0.1) is 6.61 Å². The topological polar surface area (TPSA) is 59.4 Å². The number of esters is 1. The fraction of sp³-hybridized carbons (Fsp3) is 0.455. The smallest absolute Gasteiger partial charge is 0.428 e. The lowest BCUT2D eigenvalue weighted by Gasteiger charge is -2.27. The molecule has 0 saturated heterocycles. The summed E-state index contributed by atoms with van der Waals surface area (Å²) in [4.78, 5) is 14.9. The van der Waals surface area contributed by atoms with E-state index in [4.69, 9.17) is 0 Å². The number of pyridine rings is 1. The summed E-state index contributed by atoms with van der Waals surface area (Å²) in [6.45, 7) is 1.11. The Balaban J connectivity index is 3.03. The summed E-state index contributed by atoms with van der Waals surface area (Å²) in [5.74, 6) is -1.72. The number of hydrogen-bond donors (Lipinski definition) is 1. The van der Waals surface area contributed by atoms with Crippen LogP contribution in [0.5, 0.6) is 0 Å². The number of halogens is 3. The Morgan fingerprint density at radius 1 is 1.44 bits per heavy atom. The van der Waals surface area contributed by atoms with Gasteiger partial charge in [0.15, 0.2) is 0 Å². The SMILES string of the molecule is CCOC(=O)C(O)(Cc1ccccn1)C(F)(F)F. The molecule has 0 aliphatic heterocycles. The second-order valence-electron chi connectivity index (χ2n) is 3.58. The maximum absolute atomic E-state index is 12.8. The van der Waals surface area contributed by atoms with Crippen molar-refractivity contribution in [1.29, 1.82) is 0 Å². The standard InChI is InChI=1S/C11H12F3NO3/c1-2-18-9(16)10(17,11(12,13)14)7-8-5-3-4-6-15-8/h3-6,17H,2,7H2,1H3. The van der Waals surface area contributed by atoms with Crippen LogP contribution in [-0.4, -0.2) is 34.4 Å². The summed E-state index contributed by atoms with van der Waals surface area (Å²) < 4.78 is 42.6. The van der Waals surface area contributed by atoms with Crippen molar-refractivity contribution in [3.63, 3.8) is 0 Å². The number of carbonyl (C=O) groups is 1. The van der Waals surface area contributed by atoms with Crippen LogP contribution in [0.4, 0.5) is 13.2 Å². The summed E-state index contributed by atoms with van der Waals surface area (Å²) in [5.41, 5.74) is -3.62. The lowest BCUT2D eigenvalue weighted by molar-refractivity contribution is -0.262. The van der Waals surface area contributed by atoms with E-state index >= 15 is 0 Å². The number of alkyl halides is 3. The zero-order valence-electron chi connectivity index (χ0n) is 9.57. The predicted octanol–water partition coefficient (Wildman–Crippen LogP) is 1.48. The monoisotopic (exact) mass is 263 g/mol. The molecule has 100 valence electrons. The summed E-state index contributed by atoms with van der Waals surface area (Å²) in [7, 11) is 0. The van der Waals surface area contributed by atoms with Gasteiger partial charge in [-0.3, -0.25) is 4.98 Å². The summed E-state index contributed by atoms with van der Waals surface area (Å²) in [6.07, 6.45) is -4.83. The van der Waals surface area contributed by atoms with Crippen molar-refractivity contribution in [2.45, 2.75) is 25.1 Å². The Labute approximate surface area is 101 Å². The second-order valence-corrected chi connectivity index (χ2v) is 3.58. The minimum Gasteiger partial charge on any atom is -0.464 e. The van der Waals surface area contributed by atoms with Gasteiger partial charge in [0.2, 0.25) is 0 Å². The van der Waals surface area contributed by atoms with Crippen LogP contribution in [0.1, 0.15) is 12.6 Å². The van der Waals surface area contributed by atoms with Gasteiger partial charge in [-0.25, -0.2) is 4.79 Å². The van der Waals surface area contributed by atoms with Crippen molar-refractivity contribution in [3.8, 4) is 0 Å². The van der Waals surface area contributed by atoms with E-state index in [0.717, 1.165) is 0 Å². The van der Waals surface area contributed by atoms with Gasteiger partial charge >= 0.3 is 12.1 Å². The fourth-order valence-electron chi connectivity index (χ4n) is 1.30. The van der Waals surface area contributed by atoms with Gasteiger partial charge in [0.1, 0.15) is 0 Å². The Kier molecular flexibility index (Phi) is 4.28. The van der Waals surface area contributed by atoms with Crippen molar-refractivity contribution >= 4 is 5.97 Å². The van der Waals surface area contributed by atoms with Gasteiger partial charge < -0.3 is 9.84 Å². The Bertz CT molecular complexity index is 408. The van der Waals surface area contributed by atoms with Crippen molar-refractivity contribution in [2.24, 2.45) is 0 Å². The minimum absolute atomic E-state index is 0.0506. The van der Waals surface area contributed by atoms with Crippen LogP contribution in [0.3, 0.4) is 0 Å². The van der Waals surface area contributed by atoms with Crippen molar-refractivity contribution in [2.75, 3.05) is 6.61 Å². The molecule has 0 bridgehead atoms. The van der Waals surface area contributed by atoms with E-state index < -0.39 is 24.2 Å². The van der Waals surface area contributed by atoms with Gasteiger partial charge in [-0.1, -0.05) is 6.07 Å². The first-order valence-corrected chi connectivity index (χ1v) is 5.17. The lowest BCUT2D eigenvalue weighted by Crippen LogP contribution is -2.54. The molecule has 0 spiro atoms. The van der Waals surface area contributed by atoms with Crippen LogP contribution in [-0.2, 0) is 16.0 Å². The van der Waals surface area contributed by atoms with Crippen molar-refractivity contribution < 1.29 is 27.8 Å². The van der Waals surface area contributed by atoms with E-state index in [-0.39, 0.29) is 12.3 Å². The fourth-order valence-corrected chi connectivity index (χ4v) is 1.30. The Morgan fingerprint density at radius 2 is 2.11 bits per heavy atom. The van der Waals surface area contributed by atoms with E-state index in [2.05, 4.69) is 9.72 Å². The first kappa shape index (κ1) is 14.4. The minimum atomic E-state index is -5.13. The van der Waals surface area contributed by atoms with Gasteiger partial charge in [-0.2, -0.15) is 13.2 Å². The van der Waals surface area contributed by atoms with E-state index in [9.17, 15) is 23.1 Å². The highest BCUT2D eigenvalue weighted by atomic mass is 19.4. The number of hydrogen-bond acceptors (Lipinski definition) is 4. The van der Waals surface area contributed by atoms with E-state index in [1.54, 1.807) is 0 Å². The van der Waals surface area contributed by atoms with Crippen molar-refractivity contribution in [3.05, 3.63) is 30.1 Å². The quantitative estimate of drug-likeness (QED) is 0.836. The van der Waals surface area contributed by atoms with Crippen molar-refractivity contribution in [1.82, 2.24) is 4.98 Å². The molecule has 7 heteroatoms. The molecule has 0 radical (unpaired) electrons. The van der Waals surface area contributed by atoms with Crippen LogP contribution in [0, 0.1) is 0 Å². The second kappa shape index (κ2) is 5.34. The Morgan fingerprint density at radius 3 is 2.56 bits per heavy atom. The van der Waals surface area contributed by atoms with Gasteiger partial charge in [0, 0.05) is 18.3 Å². The predicted molar refractivity (Wildman–Crippen MR) is 55.6 cm³/mol. The van der Waals surface area contributed by atoms with Crippen LogP contribution in [0.15, 0.2) is 24.4 Å². The first-order valence-electron chi connectivity index (χ1n) is 5.17. The lowest BCUT2D eigenvalue weighted by atomic mass is 9.96. The molecule has 1 atom stereocenters. The largest absolute Gasteiger partial charge is 0.464 e. The van der Waals surface area contributed by atoms with Crippen LogP contribution < -0.4 is 0 Å². The molecule has 0 aromatic carbocycles. The maximum Gasteiger partial charge on any atom is 0.428 e. The average molecular weight is 263 g/mol. The molecule has 1 aromatic heterocycles. The number of nitrogens with zero attached hydrogens (tertiary/aromatic N) is 1. The van der Waals surface area contributed by atoms with Crippen LogP contribution >= 0.6 is 0 Å². The van der Waals surface area contributed by atoms with E-state index in [1.807, 2.05) is 0 Å². The molecule has 1 heterocycles. The zero-order chi connectivity index (χ0) is 13.8. The van der Waals surface area contributed by atoms with Crippen LogP contribution in [0.25, 0.3) is 0 Å². The Hall–Kier alpha value is -1.63. The molecule has 1 rings (SSSR count). The number of aliphatic hydroxyl groups is 1. The molecule has 0 saturated carbocycles. The van der Waals surface area contributed by atoms with Gasteiger partial charge in [0.25, 0.3) is 5.60 Å². The first-order chi connectivity index (χ1) is 8.31. The van der Waals surface area contributed by atoms with Gasteiger partial charge in [-0.05, 0) is 19.1 Å². The van der Waals surface area contributed by atoms with Gasteiger partial charge in [-0.15, -0.1) is 0 Å². The van der Waals surface area contributed by atoms with E-state index in [1.165, 1.54) is 31.3 Å². The molecule has 18 heavy (non-hydrogen) atoms. The summed E-state index contributed by atoms with van der Waals surface area (Å²) in [5, 5.41) is 9.56. The molecule has 0 aliphatic rings. The normalized spacial score (nSPS) is 14.9. The molecule has 4 nitrogen and oxygen atoms in total. The molecule has 1 aromatic rings. The third kappa shape index (κ3) is 2.98. The summed E-state index contributed by atoms with van der Waals surface area (Å²) >= 11 is 0. The molecule has 0 aliphatic carbocycles. The molecule has 0 fully saturated rings. The average Bonchev–Trinajstić information content (AvgIpc) is 2.29. The third-order valence-electron chi connectivity index (χ3n) is 2.25. The molecular weight excluding hydrogens is 251 g/mol. The zero-order valence-corrected chi connectivity index (χ0v) is 9.57. The highest BCUT2D eigenvalue weighted by Gasteiger charge is 2.60. The summed E-state index contributed by atoms with van der Waals surface area (Å²) in [6, 6.07) is 4.26. The number of ether oxygens (including phenoxy) is 1. The number of carbonyl (C=O) groups excluding carboxylic acids is 1. The van der Waals surface area contributed by atoms with E-state index in [0.29, 0.717) is 0 Å². The molecular formula is C11H12F3NO3. The number of rotatable bonds is 4. The highest BCUT2D eigenvalue weighted by Crippen LogP contribution is 2.34. The maximum atomic E-state index is 12.8. The molecule has 1 unspecified atom stereocenters.